The van der Waals surface area contributed by atoms with Gasteiger partial charge in [-0.2, -0.15) is 0 Å². The van der Waals surface area contributed by atoms with Gasteiger partial charge in [-0.1, -0.05) is 30.3 Å². The summed E-state index contributed by atoms with van der Waals surface area (Å²) in [5.74, 6) is 0.421. The maximum absolute atomic E-state index is 11.8. The molecule has 1 N–H and O–H groups in total. The summed E-state index contributed by atoms with van der Waals surface area (Å²) in [5.41, 5.74) is 2.49. The number of ether oxygens (including phenoxy) is 2. The first kappa shape index (κ1) is 24.9. The van der Waals surface area contributed by atoms with Gasteiger partial charge < -0.3 is 14.6 Å². The molecule has 7 heteroatoms. The number of aromatic nitrogens is 1. The van der Waals surface area contributed by atoms with Crippen LogP contribution in [0.5, 0.6) is 5.75 Å². The van der Waals surface area contributed by atoms with Crippen LogP contribution in [0.25, 0.3) is 5.57 Å². The van der Waals surface area contributed by atoms with Crippen molar-refractivity contribution in [3.05, 3.63) is 94.4 Å². The Balaban J connectivity index is 1.51. The summed E-state index contributed by atoms with van der Waals surface area (Å²) < 4.78 is 11.8. The molecule has 0 fully saturated rings. The zero-order valence-electron chi connectivity index (χ0n) is 18.4. The number of hydrogen-bond donors (Lipinski definition) is 1. The third-order valence-electron chi connectivity index (χ3n) is 4.86. The lowest BCUT2D eigenvalue weighted by molar-refractivity contribution is -0.130. The smallest absolute Gasteiger partial charge is 0.341 e. The third-order valence-corrected chi connectivity index (χ3v) is 6.92. The van der Waals surface area contributed by atoms with Crippen LogP contribution in [0.2, 0.25) is 0 Å². The lowest BCUT2D eigenvalue weighted by atomic mass is 10.1. The molecule has 0 bridgehead atoms. The molecule has 3 aromatic rings. The van der Waals surface area contributed by atoms with Crippen LogP contribution in [0, 0.1) is 0 Å². The van der Waals surface area contributed by atoms with Gasteiger partial charge in [0.15, 0.2) is 0 Å². The summed E-state index contributed by atoms with van der Waals surface area (Å²) >= 11 is 5.18. The second-order valence-corrected chi connectivity index (χ2v) is 9.12. The summed E-state index contributed by atoms with van der Waals surface area (Å²) in [6.07, 6.45) is 4.01. The Morgan fingerprint density at radius 1 is 1.06 bits per heavy atom. The topological polar surface area (TPSA) is 68.7 Å². The van der Waals surface area contributed by atoms with E-state index in [2.05, 4.69) is 33.0 Å². The lowest BCUT2D eigenvalue weighted by Crippen LogP contribution is -2.04. The van der Waals surface area contributed by atoms with Gasteiger partial charge in [-0.3, -0.25) is 4.98 Å². The minimum absolute atomic E-state index is 0.0536. The van der Waals surface area contributed by atoms with Crippen LogP contribution in [0.1, 0.15) is 29.8 Å². The van der Waals surface area contributed by atoms with Crippen LogP contribution in [0.3, 0.4) is 0 Å². The molecule has 0 aliphatic heterocycles. The molecule has 1 aromatic heterocycles. The van der Waals surface area contributed by atoms with Gasteiger partial charge in [0.2, 0.25) is 0 Å². The monoisotopic (exact) mass is 527 g/mol. The molecule has 33 heavy (non-hydrogen) atoms. The van der Waals surface area contributed by atoms with Gasteiger partial charge in [-0.15, -0.1) is 11.8 Å². The zero-order valence-corrected chi connectivity index (χ0v) is 20.8. The highest BCUT2D eigenvalue weighted by Crippen LogP contribution is 2.29. The number of aryl methyl sites for hydroxylation is 1. The van der Waals surface area contributed by atoms with Gasteiger partial charge in [-0.05, 0) is 77.2 Å². The summed E-state index contributed by atoms with van der Waals surface area (Å²) in [4.78, 5) is 17.4. The molecule has 0 unspecified atom stereocenters. The number of pyridine rings is 1. The lowest BCUT2D eigenvalue weighted by Gasteiger charge is -2.08. The maximum Gasteiger partial charge on any atom is 0.341 e. The Bertz CT molecular complexity index is 1090. The Morgan fingerprint density at radius 2 is 1.85 bits per heavy atom. The van der Waals surface area contributed by atoms with Crippen molar-refractivity contribution in [1.82, 2.24) is 4.98 Å². The summed E-state index contributed by atoms with van der Waals surface area (Å²) in [5, 5.41) is 9.65. The molecule has 0 spiro atoms. The Kier molecular flexibility index (Phi) is 9.84. The number of carboxylic acids is 1. The number of thioether (sulfide) groups is 1. The second-order valence-electron chi connectivity index (χ2n) is 7.25. The molecular weight excluding hydrogens is 502 g/mol. The number of rotatable bonds is 12. The molecule has 0 amide bonds. The first-order chi connectivity index (χ1) is 16.1. The molecule has 3 rings (SSSR count). The average molecular weight is 528 g/mol. The number of halogens is 1. The average Bonchev–Trinajstić information content (AvgIpc) is 2.83. The number of unbranched alkanes of at least 4 members (excludes halogenated alkanes) is 1. The molecule has 2 aromatic carbocycles. The van der Waals surface area contributed by atoms with Crippen molar-refractivity contribution in [2.75, 3.05) is 13.7 Å². The molecule has 172 valence electrons. The van der Waals surface area contributed by atoms with Crippen LogP contribution in [-0.4, -0.2) is 29.8 Å². The van der Waals surface area contributed by atoms with Gasteiger partial charge in [0, 0.05) is 15.1 Å². The van der Waals surface area contributed by atoms with E-state index in [0.717, 1.165) is 40.1 Å². The van der Waals surface area contributed by atoms with E-state index in [1.165, 1.54) is 11.8 Å². The standard InChI is InChI=1S/C26H26BrNO4S/c1-31-21-14-12-19(13-15-21)7-4-5-16-32-17-22(26(29)30)24-10-6-8-20(28-24)18-33-25-11-3-2-9-23(25)27/h2-3,6,8-15,17H,4-5,7,16,18H2,1H3,(H,29,30). The highest BCUT2D eigenvalue weighted by Gasteiger charge is 2.13. The molecule has 0 radical (unpaired) electrons. The first-order valence-electron chi connectivity index (χ1n) is 10.6. The van der Waals surface area contributed by atoms with E-state index in [9.17, 15) is 9.90 Å². The Hall–Kier alpha value is -2.77. The van der Waals surface area contributed by atoms with Gasteiger partial charge >= 0.3 is 5.97 Å². The maximum atomic E-state index is 11.8. The van der Waals surface area contributed by atoms with Gasteiger partial charge in [0.05, 0.1) is 31.4 Å². The SMILES string of the molecule is COc1ccc(CCCCOC=C(C(=O)O)c2cccc(CSc3ccccc3Br)n2)cc1. The summed E-state index contributed by atoms with van der Waals surface area (Å²) in [7, 11) is 1.65. The van der Waals surface area contributed by atoms with Gasteiger partial charge in [-0.25, -0.2) is 4.79 Å². The van der Waals surface area contributed by atoms with Crippen LogP contribution < -0.4 is 4.74 Å². The minimum Gasteiger partial charge on any atom is -0.500 e. The third kappa shape index (κ3) is 7.94. The number of methoxy groups -OCH3 is 1. The fourth-order valence-corrected chi connectivity index (χ4v) is 4.57. The van der Waals surface area contributed by atoms with E-state index in [1.54, 1.807) is 24.9 Å². The molecule has 1 heterocycles. The van der Waals surface area contributed by atoms with E-state index in [-0.39, 0.29) is 5.57 Å². The molecular formula is C26H26BrNO4S. The number of benzene rings is 2. The van der Waals surface area contributed by atoms with Crippen LogP contribution >= 0.6 is 27.7 Å². The Morgan fingerprint density at radius 3 is 2.58 bits per heavy atom. The van der Waals surface area contributed by atoms with Crippen molar-refractivity contribution in [3.63, 3.8) is 0 Å². The van der Waals surface area contributed by atoms with Crippen molar-refractivity contribution in [1.29, 1.82) is 0 Å². The molecule has 5 nitrogen and oxygen atoms in total. The van der Waals surface area contributed by atoms with E-state index < -0.39 is 5.97 Å². The van der Waals surface area contributed by atoms with E-state index >= 15 is 0 Å². The van der Waals surface area contributed by atoms with Crippen LogP contribution in [0.4, 0.5) is 0 Å². The summed E-state index contributed by atoms with van der Waals surface area (Å²) in [6.45, 7) is 0.449. The fourth-order valence-electron chi connectivity index (χ4n) is 3.09. The molecule has 0 aliphatic rings. The predicted octanol–water partition coefficient (Wildman–Crippen LogP) is 6.61. The molecule has 0 saturated heterocycles. The highest BCUT2D eigenvalue weighted by atomic mass is 79.9. The van der Waals surface area contributed by atoms with E-state index in [1.807, 2.05) is 48.5 Å². The second kappa shape index (κ2) is 13.1. The highest BCUT2D eigenvalue weighted by molar-refractivity contribution is 9.10. The van der Waals surface area contributed by atoms with Crippen molar-refractivity contribution in [3.8, 4) is 5.75 Å². The van der Waals surface area contributed by atoms with Crippen molar-refractivity contribution in [2.24, 2.45) is 0 Å². The molecule has 0 aliphatic carbocycles. The molecule has 0 saturated carbocycles. The predicted molar refractivity (Wildman–Crippen MR) is 135 cm³/mol. The largest absolute Gasteiger partial charge is 0.500 e. The quantitative estimate of drug-likeness (QED) is 0.124. The number of nitrogens with zero attached hydrogens (tertiary/aromatic N) is 1. The van der Waals surface area contributed by atoms with Crippen molar-refractivity contribution >= 4 is 39.2 Å². The number of carboxylic acid groups (broad SMARTS) is 1. The zero-order chi connectivity index (χ0) is 23.5. The summed E-state index contributed by atoms with van der Waals surface area (Å²) in [6, 6.07) is 21.4. The fraction of sp³-hybridized carbons (Fsp3) is 0.231. The normalized spacial score (nSPS) is 11.3. The number of carbonyl (C=O) groups is 1. The van der Waals surface area contributed by atoms with Crippen molar-refractivity contribution < 1.29 is 19.4 Å². The molecule has 0 atom stereocenters. The Labute approximate surface area is 207 Å². The van der Waals surface area contributed by atoms with E-state index in [0.29, 0.717) is 18.1 Å². The number of hydrogen-bond acceptors (Lipinski definition) is 5. The van der Waals surface area contributed by atoms with Gasteiger partial charge in [0.1, 0.15) is 11.3 Å². The van der Waals surface area contributed by atoms with Crippen LogP contribution in [0.15, 0.2) is 82.4 Å². The first-order valence-corrected chi connectivity index (χ1v) is 12.4. The minimum atomic E-state index is -1.06. The van der Waals surface area contributed by atoms with Gasteiger partial charge in [0.25, 0.3) is 0 Å². The van der Waals surface area contributed by atoms with E-state index in [4.69, 9.17) is 9.47 Å². The van der Waals surface area contributed by atoms with Crippen LogP contribution in [-0.2, 0) is 21.7 Å². The van der Waals surface area contributed by atoms with Crippen molar-refractivity contribution in [2.45, 2.75) is 29.9 Å². The number of aliphatic carboxylic acids is 1.